The van der Waals surface area contributed by atoms with Gasteiger partial charge in [0.2, 0.25) is 0 Å². The van der Waals surface area contributed by atoms with E-state index in [9.17, 15) is 8.68 Å². The molecule has 0 aromatic rings. The summed E-state index contributed by atoms with van der Waals surface area (Å²) >= 11 is -0.123. The van der Waals surface area contributed by atoms with Crippen molar-refractivity contribution in [3.63, 3.8) is 0 Å². The first-order valence-corrected chi connectivity index (χ1v) is 13.0. The van der Waals surface area contributed by atoms with Gasteiger partial charge in [0.05, 0.1) is 0 Å². The van der Waals surface area contributed by atoms with Crippen LogP contribution in [0, 0.1) is 0 Å². The molecule has 0 rings (SSSR count). The Hall–Kier alpha value is 1.90. The Morgan fingerprint density at radius 2 is 0.938 bits per heavy atom. The molecular weight excluding hydrogens is 544 g/mol. The predicted molar refractivity (Wildman–Crippen MR) is 68.3 cm³/mol. The molecule has 0 aliphatic rings. The van der Waals surface area contributed by atoms with E-state index in [0.29, 0.717) is 0 Å². The van der Waals surface area contributed by atoms with E-state index in [0.717, 1.165) is 0 Å². The van der Waals surface area contributed by atoms with Gasteiger partial charge < -0.3 is 0 Å². The molecule has 0 bridgehead atoms. The van der Waals surface area contributed by atoms with Gasteiger partial charge in [0.25, 0.3) is 0 Å². The Morgan fingerprint density at radius 1 is 0.688 bits per heavy atom. The second-order valence-corrected chi connectivity index (χ2v) is 12.3. The zero-order valence-corrected chi connectivity index (χ0v) is 15.2. The summed E-state index contributed by atoms with van der Waals surface area (Å²) in [6, 6.07) is 0. The SMILES string of the molecule is F[Te](F)(F)(OCCBr)(OCCBr)OCCBr. The first kappa shape index (κ1) is 17.9. The van der Waals surface area contributed by atoms with E-state index in [2.05, 4.69) is 57.1 Å². The van der Waals surface area contributed by atoms with E-state index in [1.807, 2.05) is 0 Å². The summed E-state index contributed by atoms with van der Waals surface area (Å²) in [6.45, 7) is -1.58. The van der Waals surface area contributed by atoms with Crippen molar-refractivity contribution < 1.29 is 18.0 Å². The number of hydrogen-bond donors (Lipinski definition) is 0. The van der Waals surface area contributed by atoms with Crippen LogP contribution in [-0.4, -0.2) is 54.2 Å². The van der Waals surface area contributed by atoms with Gasteiger partial charge in [0.1, 0.15) is 0 Å². The summed E-state index contributed by atoms with van der Waals surface area (Å²) in [5.74, 6) is 0. The van der Waals surface area contributed by atoms with E-state index in [1.165, 1.54) is 0 Å². The van der Waals surface area contributed by atoms with Crippen LogP contribution in [0.5, 0.6) is 0 Å². The van der Waals surface area contributed by atoms with Crippen molar-refractivity contribution in [1.82, 2.24) is 0 Å². The van der Waals surface area contributed by atoms with Gasteiger partial charge in [-0.25, -0.2) is 0 Å². The van der Waals surface area contributed by atoms with Crippen molar-refractivity contribution in [2.45, 2.75) is 0 Å². The molecule has 0 aliphatic carbocycles. The molecule has 0 saturated carbocycles. The van der Waals surface area contributed by atoms with Crippen LogP contribution in [0.4, 0.5) is 8.68 Å². The maximum atomic E-state index is 13.9. The van der Waals surface area contributed by atoms with Gasteiger partial charge in [-0.2, -0.15) is 0 Å². The number of hydrogen-bond acceptors (Lipinski definition) is 3. The van der Waals surface area contributed by atoms with Gasteiger partial charge in [-0.1, -0.05) is 0 Å². The van der Waals surface area contributed by atoms with Gasteiger partial charge in [-0.15, -0.1) is 0 Å². The molecule has 0 aromatic heterocycles. The summed E-state index contributed by atoms with van der Waals surface area (Å²) in [7, 11) is 0. The molecule has 0 fully saturated rings. The Morgan fingerprint density at radius 3 is 1.12 bits per heavy atom. The van der Waals surface area contributed by atoms with Crippen LogP contribution in [0.15, 0.2) is 0 Å². The number of alkyl halides is 3. The first-order valence-electron chi connectivity index (χ1n) is 4.13. The molecule has 0 aliphatic heterocycles. The molecule has 0 radical (unpaired) electrons. The fourth-order valence-electron chi connectivity index (χ4n) is 0.684. The monoisotopic (exact) mass is 556 g/mol. The molecule has 16 heavy (non-hydrogen) atoms. The Bertz CT molecular complexity index is 202. The molecular formula is C6H12Br3F3O3Te. The molecule has 10 heteroatoms. The zero-order chi connectivity index (χ0) is 12.8. The van der Waals surface area contributed by atoms with Crippen LogP contribution < -0.4 is 0 Å². The van der Waals surface area contributed by atoms with Crippen LogP contribution in [-0.2, 0) is 9.30 Å². The number of rotatable bonds is 9. The summed E-state index contributed by atoms with van der Waals surface area (Å²) in [4.78, 5) is 0. The molecule has 0 saturated heterocycles. The van der Waals surface area contributed by atoms with Crippen molar-refractivity contribution in [3.8, 4) is 0 Å². The summed E-state index contributed by atoms with van der Waals surface area (Å²) in [6.07, 6.45) is 0. The fourth-order valence-corrected chi connectivity index (χ4v) is 7.25. The first-order chi connectivity index (χ1) is 7.21. The van der Waals surface area contributed by atoms with Crippen LogP contribution in [0.25, 0.3) is 0 Å². The molecule has 0 unspecified atom stereocenters. The van der Waals surface area contributed by atoms with Gasteiger partial charge in [-0.3, -0.25) is 0 Å². The molecule has 3 nitrogen and oxygen atoms in total. The Labute approximate surface area is 119 Å². The van der Waals surface area contributed by atoms with Crippen molar-refractivity contribution >= 4 is 66.2 Å². The molecule has 0 aromatic carbocycles. The molecule has 0 amide bonds. The van der Waals surface area contributed by atoms with Crippen LogP contribution in [0.1, 0.15) is 0 Å². The third-order valence-electron chi connectivity index (χ3n) is 1.17. The topological polar surface area (TPSA) is 27.7 Å². The average molecular weight is 556 g/mol. The summed E-state index contributed by atoms with van der Waals surface area (Å²) in [5.41, 5.74) is 0. The predicted octanol–water partition coefficient (Wildman–Crippen LogP) is 3.47. The maximum absolute atomic E-state index is 13.9. The zero-order valence-electron chi connectivity index (χ0n) is 8.14. The molecule has 0 spiro atoms. The van der Waals surface area contributed by atoms with Gasteiger partial charge >= 0.3 is 120 Å². The van der Waals surface area contributed by atoms with E-state index in [1.54, 1.807) is 0 Å². The van der Waals surface area contributed by atoms with Gasteiger partial charge in [-0.05, 0) is 0 Å². The summed E-state index contributed by atoms with van der Waals surface area (Å²) in [5, 5.41) is 0.179. The van der Waals surface area contributed by atoms with E-state index < -0.39 is 38.2 Å². The fraction of sp³-hybridized carbons (Fsp3) is 1.00. The second-order valence-electron chi connectivity index (χ2n) is 2.48. The van der Waals surface area contributed by atoms with E-state index >= 15 is 0 Å². The van der Waals surface area contributed by atoms with Crippen molar-refractivity contribution in [3.05, 3.63) is 0 Å². The van der Waals surface area contributed by atoms with Crippen molar-refractivity contribution in [1.29, 1.82) is 0 Å². The van der Waals surface area contributed by atoms with Crippen molar-refractivity contribution in [2.75, 3.05) is 35.8 Å². The molecule has 102 valence electrons. The van der Waals surface area contributed by atoms with E-state index in [4.69, 9.17) is 0 Å². The second kappa shape index (κ2) is 6.37. The molecule has 0 N–H and O–H groups in total. The van der Waals surface area contributed by atoms with Crippen LogP contribution >= 0.6 is 47.8 Å². The minimum absolute atomic E-state index is 0.0595. The van der Waals surface area contributed by atoms with Crippen LogP contribution in [0.2, 0.25) is 0 Å². The van der Waals surface area contributed by atoms with Gasteiger partial charge in [0.15, 0.2) is 0 Å². The summed E-state index contributed by atoms with van der Waals surface area (Å²) < 4.78 is 53.6. The third-order valence-corrected chi connectivity index (χ3v) is 7.51. The van der Waals surface area contributed by atoms with E-state index in [-0.39, 0.29) is 16.0 Å². The average Bonchev–Trinajstić information content (AvgIpc) is 2.22. The van der Waals surface area contributed by atoms with Crippen molar-refractivity contribution in [2.24, 2.45) is 0 Å². The third kappa shape index (κ3) is 6.73. The van der Waals surface area contributed by atoms with Crippen LogP contribution in [0.3, 0.4) is 0 Å². The standard InChI is InChI=1S/C6H12Br3F3O3Te/c7-1-4-13-16(10,11,12,14-5-2-8)15-6-3-9/h1-6H2. The minimum atomic E-state index is -8.71. The normalized spacial score (nSPS) is 16.9. The Kier molecular flexibility index (Phi) is 7.13. The molecule has 0 heterocycles. The molecule has 0 atom stereocenters. The quantitative estimate of drug-likeness (QED) is 0.322. The Balaban J connectivity index is 4.79. The number of halogens is 6. The van der Waals surface area contributed by atoms with Gasteiger partial charge in [0, 0.05) is 0 Å².